The first-order valence-corrected chi connectivity index (χ1v) is 10.3. The Kier molecular flexibility index (Phi) is 5.03. The zero-order chi connectivity index (χ0) is 18.8. The summed E-state index contributed by atoms with van der Waals surface area (Å²) in [6.45, 7) is 4.17. The molecular formula is C22H23N3OS. The molecule has 1 aliphatic carbocycles. The number of fused-ring (bicyclic) bond motifs is 1. The smallest absolute Gasteiger partial charge is 0.227 e. The molecule has 0 spiro atoms. The lowest BCUT2D eigenvalue weighted by Gasteiger charge is -2.22. The van der Waals surface area contributed by atoms with Crippen molar-refractivity contribution in [2.45, 2.75) is 39.5 Å². The Bertz CT molecular complexity index is 965. The summed E-state index contributed by atoms with van der Waals surface area (Å²) in [6.07, 6.45) is 6.99. The van der Waals surface area contributed by atoms with Gasteiger partial charge in [-0.25, -0.2) is 4.98 Å². The molecule has 27 heavy (non-hydrogen) atoms. The van der Waals surface area contributed by atoms with Crippen LogP contribution >= 0.6 is 11.3 Å². The molecule has 1 unspecified atom stereocenters. The van der Waals surface area contributed by atoms with E-state index >= 15 is 0 Å². The van der Waals surface area contributed by atoms with E-state index < -0.39 is 0 Å². The van der Waals surface area contributed by atoms with Gasteiger partial charge in [0, 0.05) is 34.4 Å². The highest BCUT2D eigenvalue weighted by atomic mass is 32.1. The summed E-state index contributed by atoms with van der Waals surface area (Å²) in [5.74, 6) is 0.135. The minimum absolute atomic E-state index is 0.00699. The number of nitrogens with one attached hydrogen (secondary N) is 1. The molecule has 4 rings (SSSR count). The van der Waals surface area contributed by atoms with E-state index in [4.69, 9.17) is 4.98 Å². The van der Waals surface area contributed by atoms with Gasteiger partial charge >= 0.3 is 0 Å². The third-order valence-corrected chi connectivity index (χ3v) is 6.39. The van der Waals surface area contributed by atoms with Gasteiger partial charge in [-0.2, -0.15) is 0 Å². The van der Waals surface area contributed by atoms with Crippen molar-refractivity contribution in [1.82, 2.24) is 9.97 Å². The number of aryl methyl sites for hydroxylation is 3. The lowest BCUT2D eigenvalue weighted by atomic mass is 9.90. The average molecular weight is 378 g/mol. The number of carbonyl (C=O) groups excluding carboxylic acids is 1. The van der Waals surface area contributed by atoms with Crippen molar-refractivity contribution in [2.24, 2.45) is 5.92 Å². The summed E-state index contributed by atoms with van der Waals surface area (Å²) in [6, 6.07) is 10.2. The maximum Gasteiger partial charge on any atom is 0.227 e. The predicted octanol–water partition coefficient (Wildman–Crippen LogP) is 4.82. The second-order valence-corrected chi connectivity index (χ2v) is 8.10. The van der Waals surface area contributed by atoms with Crippen molar-refractivity contribution >= 4 is 22.9 Å². The molecule has 0 aliphatic heterocycles. The number of carbonyl (C=O) groups is 1. The van der Waals surface area contributed by atoms with Gasteiger partial charge < -0.3 is 5.32 Å². The number of hydrogen-bond donors (Lipinski definition) is 1. The molecule has 1 N–H and O–H groups in total. The highest BCUT2D eigenvalue weighted by molar-refractivity contribution is 7.15. The molecule has 1 aliphatic rings. The Labute approximate surface area is 163 Å². The van der Waals surface area contributed by atoms with Gasteiger partial charge in [0.1, 0.15) is 5.01 Å². The molecule has 1 atom stereocenters. The quantitative estimate of drug-likeness (QED) is 0.709. The highest BCUT2D eigenvalue weighted by Crippen LogP contribution is 2.35. The highest BCUT2D eigenvalue weighted by Gasteiger charge is 2.28. The number of para-hydroxylation sites is 1. The number of amides is 1. The van der Waals surface area contributed by atoms with Crippen LogP contribution in [0.1, 0.15) is 35.0 Å². The third-order valence-electron chi connectivity index (χ3n) is 5.23. The van der Waals surface area contributed by atoms with Gasteiger partial charge in [-0.05, 0) is 55.9 Å². The SMILES string of the molecule is CCc1cccc(C)c1NC(=O)C1CCc2nc(-c3ccncc3)sc2C1. The molecule has 0 radical (unpaired) electrons. The minimum atomic E-state index is 0.00699. The summed E-state index contributed by atoms with van der Waals surface area (Å²) in [4.78, 5) is 23.1. The Balaban J connectivity index is 1.51. The van der Waals surface area contributed by atoms with Crippen molar-refractivity contribution < 1.29 is 4.79 Å². The number of hydrogen-bond acceptors (Lipinski definition) is 4. The minimum Gasteiger partial charge on any atom is -0.325 e. The van der Waals surface area contributed by atoms with Crippen LogP contribution in [0.3, 0.4) is 0 Å². The largest absolute Gasteiger partial charge is 0.325 e. The molecule has 3 aromatic rings. The molecule has 0 saturated carbocycles. The summed E-state index contributed by atoms with van der Waals surface area (Å²) in [5.41, 5.74) is 5.55. The van der Waals surface area contributed by atoms with Gasteiger partial charge in [-0.3, -0.25) is 9.78 Å². The standard InChI is InChI=1S/C22H23N3OS/c1-3-15-6-4-5-14(2)20(15)25-21(26)17-7-8-18-19(13-17)27-22(24-18)16-9-11-23-12-10-16/h4-6,9-12,17H,3,7-8,13H2,1-2H3,(H,25,26). The van der Waals surface area contributed by atoms with Gasteiger partial charge in [0.2, 0.25) is 5.91 Å². The first kappa shape index (κ1) is 17.9. The van der Waals surface area contributed by atoms with Gasteiger partial charge in [-0.1, -0.05) is 25.1 Å². The van der Waals surface area contributed by atoms with Crippen LogP contribution in [-0.2, 0) is 24.1 Å². The fourth-order valence-corrected chi connectivity index (χ4v) is 4.84. The van der Waals surface area contributed by atoms with E-state index in [1.165, 1.54) is 10.4 Å². The van der Waals surface area contributed by atoms with Crippen molar-refractivity contribution in [2.75, 3.05) is 5.32 Å². The molecule has 0 saturated heterocycles. The molecule has 138 valence electrons. The van der Waals surface area contributed by atoms with Gasteiger partial charge in [-0.15, -0.1) is 11.3 Å². The third kappa shape index (κ3) is 3.65. The normalized spacial score (nSPS) is 16.0. The van der Waals surface area contributed by atoms with E-state index in [1.807, 2.05) is 12.1 Å². The van der Waals surface area contributed by atoms with Crippen LogP contribution in [0.2, 0.25) is 0 Å². The summed E-state index contributed by atoms with van der Waals surface area (Å²) >= 11 is 1.71. The first-order valence-electron chi connectivity index (χ1n) is 9.44. The van der Waals surface area contributed by atoms with E-state index in [1.54, 1.807) is 23.7 Å². The Morgan fingerprint density at radius 1 is 1.26 bits per heavy atom. The molecule has 1 aromatic carbocycles. The van der Waals surface area contributed by atoms with Gasteiger partial charge in [0.15, 0.2) is 0 Å². The predicted molar refractivity (Wildman–Crippen MR) is 110 cm³/mol. The molecule has 2 aromatic heterocycles. The topological polar surface area (TPSA) is 54.9 Å². The van der Waals surface area contributed by atoms with Crippen LogP contribution in [0.5, 0.6) is 0 Å². The lowest BCUT2D eigenvalue weighted by Crippen LogP contribution is -2.28. The average Bonchev–Trinajstić information content (AvgIpc) is 3.13. The Hall–Kier alpha value is -2.53. The number of anilines is 1. The Morgan fingerprint density at radius 2 is 2.07 bits per heavy atom. The van der Waals surface area contributed by atoms with Crippen molar-refractivity contribution in [3.63, 3.8) is 0 Å². The molecule has 1 amide bonds. The lowest BCUT2D eigenvalue weighted by molar-refractivity contribution is -0.120. The van der Waals surface area contributed by atoms with Crippen LogP contribution in [0, 0.1) is 12.8 Å². The monoisotopic (exact) mass is 377 g/mol. The van der Waals surface area contributed by atoms with Crippen LogP contribution in [0.4, 0.5) is 5.69 Å². The van der Waals surface area contributed by atoms with E-state index in [-0.39, 0.29) is 11.8 Å². The van der Waals surface area contributed by atoms with E-state index in [2.05, 4.69) is 42.3 Å². The number of pyridine rings is 1. The van der Waals surface area contributed by atoms with E-state index in [9.17, 15) is 4.79 Å². The molecule has 5 heteroatoms. The fourth-order valence-electron chi connectivity index (χ4n) is 3.64. The molecule has 0 bridgehead atoms. The zero-order valence-corrected chi connectivity index (χ0v) is 16.5. The molecule has 4 nitrogen and oxygen atoms in total. The number of rotatable bonds is 4. The zero-order valence-electron chi connectivity index (χ0n) is 15.7. The molecular weight excluding hydrogens is 354 g/mol. The summed E-state index contributed by atoms with van der Waals surface area (Å²) in [7, 11) is 0. The molecule has 2 heterocycles. The number of thiazole rings is 1. The van der Waals surface area contributed by atoms with Gasteiger partial charge in [0.25, 0.3) is 0 Å². The first-order chi connectivity index (χ1) is 13.2. The van der Waals surface area contributed by atoms with Gasteiger partial charge in [0.05, 0.1) is 5.69 Å². The van der Waals surface area contributed by atoms with Crippen molar-refractivity contribution in [3.8, 4) is 10.6 Å². The maximum absolute atomic E-state index is 12.9. The van der Waals surface area contributed by atoms with Crippen LogP contribution < -0.4 is 5.32 Å². The van der Waals surface area contributed by atoms with Crippen LogP contribution in [0.15, 0.2) is 42.7 Å². The number of nitrogens with zero attached hydrogens (tertiary/aromatic N) is 2. The second kappa shape index (κ2) is 7.61. The number of benzene rings is 1. The van der Waals surface area contributed by atoms with Crippen LogP contribution in [0.25, 0.3) is 10.6 Å². The van der Waals surface area contributed by atoms with Crippen LogP contribution in [-0.4, -0.2) is 15.9 Å². The van der Waals surface area contributed by atoms with Crippen molar-refractivity contribution in [3.05, 3.63) is 64.4 Å². The fraction of sp³-hybridized carbons (Fsp3) is 0.318. The molecule has 0 fully saturated rings. The van der Waals surface area contributed by atoms with E-state index in [0.29, 0.717) is 0 Å². The summed E-state index contributed by atoms with van der Waals surface area (Å²) < 4.78 is 0. The number of aromatic nitrogens is 2. The summed E-state index contributed by atoms with van der Waals surface area (Å²) in [5, 5.41) is 4.23. The second-order valence-electron chi connectivity index (χ2n) is 7.02. The van der Waals surface area contributed by atoms with E-state index in [0.717, 1.165) is 53.2 Å². The Morgan fingerprint density at radius 3 is 2.85 bits per heavy atom. The van der Waals surface area contributed by atoms with Crippen molar-refractivity contribution in [1.29, 1.82) is 0 Å². The maximum atomic E-state index is 12.9.